The van der Waals surface area contributed by atoms with E-state index >= 15 is 0 Å². The Labute approximate surface area is 73.8 Å². The molecule has 0 amide bonds. The van der Waals surface area contributed by atoms with Crippen LogP contribution in [0.25, 0.3) is 0 Å². The van der Waals surface area contributed by atoms with Gasteiger partial charge in [0, 0.05) is 6.07 Å². The van der Waals surface area contributed by atoms with Gasteiger partial charge in [-0.2, -0.15) is 5.26 Å². The number of hydrogen-bond acceptors (Lipinski definition) is 5. The molecule has 1 aromatic heterocycles. The lowest BCUT2D eigenvalue weighted by Gasteiger charge is -1.99. The van der Waals surface area contributed by atoms with Gasteiger partial charge < -0.3 is 14.3 Å². The summed E-state index contributed by atoms with van der Waals surface area (Å²) < 4.78 is 9.54. The lowest BCUT2D eigenvalue weighted by molar-refractivity contribution is 0.239. The number of nitriles is 1. The standard InChI is InChI=1S/C8H7NO4/c9-1-2-12-8-5-13-6(4-10)3-7(8)11/h3,5,10H,2,4H2. The van der Waals surface area contributed by atoms with Gasteiger partial charge in [0.1, 0.15) is 24.7 Å². The van der Waals surface area contributed by atoms with Crippen molar-refractivity contribution in [3.8, 4) is 11.8 Å². The van der Waals surface area contributed by atoms with E-state index in [1.807, 2.05) is 0 Å². The number of rotatable bonds is 3. The lowest BCUT2D eigenvalue weighted by atomic mass is 10.4. The van der Waals surface area contributed by atoms with Crippen molar-refractivity contribution in [1.82, 2.24) is 0 Å². The SMILES string of the molecule is N#CCOc1coc(CO)cc1=O. The van der Waals surface area contributed by atoms with Crippen LogP contribution in [0.4, 0.5) is 0 Å². The molecule has 0 saturated carbocycles. The van der Waals surface area contributed by atoms with Crippen molar-refractivity contribution < 1.29 is 14.3 Å². The third-order valence-corrected chi connectivity index (χ3v) is 1.30. The van der Waals surface area contributed by atoms with Crippen LogP contribution in [-0.2, 0) is 6.61 Å². The molecule has 1 aromatic rings. The van der Waals surface area contributed by atoms with Crippen molar-refractivity contribution in [2.24, 2.45) is 0 Å². The maximum atomic E-state index is 11.1. The van der Waals surface area contributed by atoms with E-state index in [9.17, 15) is 4.79 Å². The average molecular weight is 181 g/mol. The first-order chi connectivity index (χ1) is 6.27. The van der Waals surface area contributed by atoms with E-state index < -0.39 is 5.43 Å². The van der Waals surface area contributed by atoms with E-state index in [2.05, 4.69) is 0 Å². The minimum atomic E-state index is -0.412. The molecule has 0 spiro atoms. The smallest absolute Gasteiger partial charge is 0.227 e. The van der Waals surface area contributed by atoms with Crippen LogP contribution in [-0.4, -0.2) is 11.7 Å². The molecular formula is C8H7NO4. The highest BCUT2D eigenvalue weighted by molar-refractivity contribution is 5.17. The summed E-state index contributed by atoms with van der Waals surface area (Å²) in [6, 6.07) is 2.84. The number of aliphatic hydroxyl groups excluding tert-OH is 1. The highest BCUT2D eigenvalue weighted by Gasteiger charge is 2.02. The molecule has 0 unspecified atom stereocenters. The van der Waals surface area contributed by atoms with E-state index in [1.165, 1.54) is 0 Å². The predicted octanol–water partition coefficient (Wildman–Crippen LogP) is 0.0345. The molecule has 1 rings (SSSR count). The highest BCUT2D eigenvalue weighted by Crippen LogP contribution is 2.04. The molecule has 0 radical (unpaired) electrons. The molecule has 0 aliphatic heterocycles. The summed E-state index contributed by atoms with van der Waals surface area (Å²) in [4.78, 5) is 11.1. The Hall–Kier alpha value is -1.80. The molecule has 0 atom stereocenters. The second kappa shape index (κ2) is 4.28. The Morgan fingerprint density at radius 1 is 1.69 bits per heavy atom. The molecule has 0 fully saturated rings. The first-order valence-corrected chi connectivity index (χ1v) is 3.50. The predicted molar refractivity (Wildman–Crippen MR) is 42.0 cm³/mol. The molecule has 68 valence electrons. The van der Waals surface area contributed by atoms with Gasteiger partial charge >= 0.3 is 0 Å². The van der Waals surface area contributed by atoms with Gasteiger partial charge in [-0.25, -0.2) is 0 Å². The monoisotopic (exact) mass is 181 g/mol. The van der Waals surface area contributed by atoms with Crippen molar-refractivity contribution in [3.05, 3.63) is 28.3 Å². The molecule has 0 aromatic carbocycles. The molecule has 13 heavy (non-hydrogen) atoms. The number of nitrogens with zero attached hydrogens (tertiary/aromatic N) is 1. The fourth-order valence-corrected chi connectivity index (χ4v) is 0.737. The van der Waals surface area contributed by atoms with Gasteiger partial charge in [-0.15, -0.1) is 0 Å². The van der Waals surface area contributed by atoms with Gasteiger partial charge in [0.15, 0.2) is 6.61 Å². The first-order valence-electron chi connectivity index (χ1n) is 3.50. The van der Waals surface area contributed by atoms with E-state index in [0.717, 1.165) is 12.3 Å². The Morgan fingerprint density at radius 3 is 3.00 bits per heavy atom. The van der Waals surface area contributed by atoms with Crippen LogP contribution in [0.2, 0.25) is 0 Å². The summed E-state index contributed by atoms with van der Waals surface area (Å²) in [7, 11) is 0. The summed E-state index contributed by atoms with van der Waals surface area (Å²) in [5.74, 6) is 0.132. The third-order valence-electron chi connectivity index (χ3n) is 1.30. The van der Waals surface area contributed by atoms with Gasteiger partial charge in [-0.1, -0.05) is 0 Å². The van der Waals surface area contributed by atoms with Crippen molar-refractivity contribution in [1.29, 1.82) is 5.26 Å². The van der Waals surface area contributed by atoms with Crippen LogP contribution in [0.1, 0.15) is 5.76 Å². The van der Waals surface area contributed by atoms with Crippen LogP contribution in [0, 0.1) is 11.3 Å². The normalized spacial score (nSPS) is 9.23. The highest BCUT2D eigenvalue weighted by atomic mass is 16.5. The van der Waals surface area contributed by atoms with E-state index in [4.69, 9.17) is 19.5 Å². The Morgan fingerprint density at radius 2 is 2.46 bits per heavy atom. The minimum absolute atomic E-state index is 0.0289. The van der Waals surface area contributed by atoms with Crippen LogP contribution in [0.15, 0.2) is 21.5 Å². The molecule has 1 heterocycles. The number of aliphatic hydroxyl groups is 1. The van der Waals surface area contributed by atoms with Crippen LogP contribution in [0.3, 0.4) is 0 Å². The summed E-state index contributed by atoms with van der Waals surface area (Å²) in [5, 5.41) is 16.8. The third kappa shape index (κ3) is 2.32. The van der Waals surface area contributed by atoms with E-state index in [0.29, 0.717) is 0 Å². The average Bonchev–Trinajstić information content (AvgIpc) is 2.16. The van der Waals surface area contributed by atoms with Crippen molar-refractivity contribution in [2.75, 3.05) is 6.61 Å². The van der Waals surface area contributed by atoms with Crippen molar-refractivity contribution in [3.63, 3.8) is 0 Å². The minimum Gasteiger partial charge on any atom is -0.471 e. The number of hydrogen-bond donors (Lipinski definition) is 1. The second-order valence-electron chi connectivity index (χ2n) is 2.18. The summed E-state index contributed by atoms with van der Waals surface area (Å²) >= 11 is 0. The first kappa shape index (κ1) is 9.29. The van der Waals surface area contributed by atoms with Crippen molar-refractivity contribution >= 4 is 0 Å². The molecular weight excluding hydrogens is 174 g/mol. The molecule has 0 aliphatic carbocycles. The van der Waals surface area contributed by atoms with Crippen molar-refractivity contribution in [2.45, 2.75) is 6.61 Å². The zero-order valence-corrected chi connectivity index (χ0v) is 6.69. The Kier molecular flexibility index (Phi) is 3.06. The Balaban J connectivity index is 2.87. The summed E-state index contributed by atoms with van der Waals surface area (Å²) in [6.07, 6.45) is 1.07. The quantitative estimate of drug-likeness (QED) is 0.711. The topological polar surface area (TPSA) is 83.5 Å². The number of ether oxygens (including phenoxy) is 1. The van der Waals surface area contributed by atoms with Gasteiger partial charge in [0.25, 0.3) is 0 Å². The molecule has 0 aliphatic rings. The molecule has 0 bridgehead atoms. The fourth-order valence-electron chi connectivity index (χ4n) is 0.737. The zero-order valence-electron chi connectivity index (χ0n) is 6.69. The lowest BCUT2D eigenvalue weighted by Crippen LogP contribution is -2.07. The van der Waals surface area contributed by atoms with Crippen LogP contribution in [0.5, 0.6) is 5.75 Å². The van der Waals surface area contributed by atoms with E-state index in [1.54, 1.807) is 6.07 Å². The maximum Gasteiger partial charge on any atom is 0.227 e. The van der Waals surface area contributed by atoms with Gasteiger partial charge in [-0.05, 0) is 0 Å². The van der Waals surface area contributed by atoms with Crippen LogP contribution < -0.4 is 10.2 Å². The fraction of sp³-hybridized carbons (Fsp3) is 0.250. The molecule has 0 saturated heterocycles. The zero-order chi connectivity index (χ0) is 9.68. The molecule has 5 heteroatoms. The summed E-state index contributed by atoms with van der Waals surface area (Å²) in [6.45, 7) is -0.545. The van der Waals surface area contributed by atoms with Crippen LogP contribution >= 0.6 is 0 Å². The maximum absolute atomic E-state index is 11.1. The Bertz CT molecular complexity index is 376. The van der Waals surface area contributed by atoms with Gasteiger partial charge in [-0.3, -0.25) is 4.79 Å². The largest absolute Gasteiger partial charge is 0.471 e. The van der Waals surface area contributed by atoms with Gasteiger partial charge in [0.2, 0.25) is 11.2 Å². The molecule has 5 nitrogen and oxygen atoms in total. The van der Waals surface area contributed by atoms with Gasteiger partial charge in [0.05, 0.1) is 0 Å². The second-order valence-corrected chi connectivity index (χ2v) is 2.18. The summed E-state index contributed by atoms with van der Waals surface area (Å²) in [5.41, 5.74) is -0.412. The molecule has 1 N–H and O–H groups in total. The van der Waals surface area contributed by atoms with E-state index in [-0.39, 0.29) is 24.7 Å².